The molecule has 2 N–H and O–H groups in total. The Labute approximate surface area is 128 Å². The van der Waals surface area contributed by atoms with E-state index in [0.717, 1.165) is 16.8 Å². The number of nitrogens with one attached hydrogen (secondary N) is 2. The zero-order chi connectivity index (χ0) is 15.1. The standard InChI is InChI=1S/C16H16ClN3O/c1-12-6-2-3-7-13(12)10-19-20-16(21)11-18-15-9-5-4-8-14(15)17/h2-10,18H,11H2,1H3,(H,20,21)/b19-10-. The maximum Gasteiger partial charge on any atom is 0.259 e. The monoisotopic (exact) mass is 301 g/mol. The van der Waals surface area contributed by atoms with Gasteiger partial charge >= 0.3 is 0 Å². The molecule has 4 nitrogen and oxygen atoms in total. The summed E-state index contributed by atoms with van der Waals surface area (Å²) in [6, 6.07) is 15.1. The van der Waals surface area contributed by atoms with E-state index in [2.05, 4.69) is 15.8 Å². The predicted octanol–water partition coefficient (Wildman–Crippen LogP) is 3.21. The number of hydrogen-bond donors (Lipinski definition) is 2. The molecule has 2 aromatic carbocycles. The molecule has 1 amide bonds. The molecule has 5 heteroatoms. The zero-order valence-electron chi connectivity index (χ0n) is 11.6. The molecule has 0 fully saturated rings. The predicted molar refractivity (Wildman–Crippen MR) is 86.9 cm³/mol. The lowest BCUT2D eigenvalue weighted by Gasteiger charge is -2.06. The highest BCUT2D eigenvalue weighted by molar-refractivity contribution is 6.33. The number of amides is 1. The third-order valence-corrected chi connectivity index (χ3v) is 3.22. The number of aryl methyl sites for hydroxylation is 1. The first-order chi connectivity index (χ1) is 10.2. The summed E-state index contributed by atoms with van der Waals surface area (Å²) < 4.78 is 0. The van der Waals surface area contributed by atoms with Crippen LogP contribution in [0, 0.1) is 6.92 Å². The third kappa shape index (κ3) is 4.61. The van der Waals surface area contributed by atoms with Gasteiger partial charge in [-0.05, 0) is 30.2 Å². The number of carbonyl (C=O) groups excluding carboxylic acids is 1. The average molecular weight is 302 g/mol. The molecule has 0 saturated heterocycles. The van der Waals surface area contributed by atoms with Crippen molar-refractivity contribution in [2.45, 2.75) is 6.92 Å². The van der Waals surface area contributed by atoms with Crippen molar-refractivity contribution < 1.29 is 4.79 Å². The molecule has 0 radical (unpaired) electrons. The lowest BCUT2D eigenvalue weighted by Crippen LogP contribution is -2.26. The molecule has 2 aromatic rings. The van der Waals surface area contributed by atoms with Crippen molar-refractivity contribution in [1.82, 2.24) is 5.43 Å². The second-order valence-corrected chi connectivity index (χ2v) is 4.89. The highest BCUT2D eigenvalue weighted by atomic mass is 35.5. The number of para-hydroxylation sites is 1. The molecule has 0 spiro atoms. The number of halogens is 1. The fraction of sp³-hybridized carbons (Fsp3) is 0.125. The van der Waals surface area contributed by atoms with Crippen LogP contribution in [0.2, 0.25) is 5.02 Å². The quantitative estimate of drug-likeness (QED) is 0.658. The summed E-state index contributed by atoms with van der Waals surface area (Å²) in [7, 11) is 0. The maximum atomic E-state index is 11.7. The largest absolute Gasteiger partial charge is 0.375 e. The minimum Gasteiger partial charge on any atom is -0.375 e. The number of hydrazone groups is 1. The fourth-order valence-electron chi connectivity index (χ4n) is 1.73. The van der Waals surface area contributed by atoms with E-state index in [1.165, 1.54) is 0 Å². The Morgan fingerprint density at radius 3 is 2.67 bits per heavy atom. The molecule has 2 rings (SSSR count). The normalized spacial score (nSPS) is 10.6. The van der Waals surface area contributed by atoms with E-state index in [9.17, 15) is 4.79 Å². The minimum atomic E-state index is -0.236. The van der Waals surface area contributed by atoms with Crippen LogP contribution in [0.25, 0.3) is 0 Å². The van der Waals surface area contributed by atoms with Gasteiger partial charge in [0.15, 0.2) is 0 Å². The smallest absolute Gasteiger partial charge is 0.259 e. The van der Waals surface area contributed by atoms with Crippen molar-refractivity contribution in [2.24, 2.45) is 5.10 Å². The van der Waals surface area contributed by atoms with Crippen LogP contribution >= 0.6 is 11.6 Å². The van der Waals surface area contributed by atoms with Gasteiger partial charge in [0, 0.05) is 0 Å². The van der Waals surface area contributed by atoms with Gasteiger partial charge in [0.2, 0.25) is 0 Å². The molecule has 0 aliphatic rings. The third-order valence-electron chi connectivity index (χ3n) is 2.89. The van der Waals surface area contributed by atoms with Gasteiger partial charge in [-0.2, -0.15) is 5.10 Å². The molecule has 21 heavy (non-hydrogen) atoms. The van der Waals surface area contributed by atoms with Crippen LogP contribution < -0.4 is 10.7 Å². The number of anilines is 1. The number of carbonyl (C=O) groups is 1. The van der Waals surface area contributed by atoms with Gasteiger partial charge in [-0.1, -0.05) is 48.0 Å². The summed E-state index contributed by atoms with van der Waals surface area (Å²) in [4.78, 5) is 11.7. The second-order valence-electron chi connectivity index (χ2n) is 4.48. The lowest BCUT2D eigenvalue weighted by atomic mass is 10.1. The molecular weight excluding hydrogens is 286 g/mol. The lowest BCUT2D eigenvalue weighted by molar-refractivity contribution is -0.119. The van der Waals surface area contributed by atoms with Crippen LogP contribution in [0.4, 0.5) is 5.69 Å². The summed E-state index contributed by atoms with van der Waals surface area (Å²) >= 11 is 5.99. The van der Waals surface area contributed by atoms with Crippen LogP contribution in [-0.2, 0) is 4.79 Å². The molecule has 0 aliphatic heterocycles. The summed E-state index contributed by atoms with van der Waals surface area (Å²) in [5.41, 5.74) is 5.26. The molecule has 0 heterocycles. The van der Waals surface area contributed by atoms with Crippen LogP contribution in [-0.4, -0.2) is 18.7 Å². The fourth-order valence-corrected chi connectivity index (χ4v) is 1.93. The van der Waals surface area contributed by atoms with E-state index in [1.807, 2.05) is 49.4 Å². The highest BCUT2D eigenvalue weighted by Crippen LogP contribution is 2.19. The number of rotatable bonds is 5. The van der Waals surface area contributed by atoms with Crippen molar-refractivity contribution in [1.29, 1.82) is 0 Å². The Hall–Kier alpha value is -2.33. The van der Waals surface area contributed by atoms with Gasteiger partial charge in [0.1, 0.15) is 0 Å². The zero-order valence-corrected chi connectivity index (χ0v) is 12.4. The van der Waals surface area contributed by atoms with Gasteiger partial charge in [-0.25, -0.2) is 5.43 Å². The van der Waals surface area contributed by atoms with E-state index < -0.39 is 0 Å². The van der Waals surface area contributed by atoms with Crippen LogP contribution in [0.5, 0.6) is 0 Å². The van der Waals surface area contributed by atoms with Gasteiger partial charge in [-0.15, -0.1) is 0 Å². The van der Waals surface area contributed by atoms with Crippen LogP contribution in [0.15, 0.2) is 53.6 Å². The summed E-state index contributed by atoms with van der Waals surface area (Å²) in [6.45, 7) is 2.09. The van der Waals surface area contributed by atoms with E-state index in [0.29, 0.717) is 5.02 Å². The molecule has 0 aliphatic carbocycles. The van der Waals surface area contributed by atoms with E-state index >= 15 is 0 Å². The number of nitrogens with zero attached hydrogens (tertiary/aromatic N) is 1. The first kappa shape index (κ1) is 15.1. The van der Waals surface area contributed by atoms with E-state index in [4.69, 9.17) is 11.6 Å². The van der Waals surface area contributed by atoms with E-state index in [1.54, 1.807) is 12.3 Å². The summed E-state index contributed by atoms with van der Waals surface area (Å²) in [6.07, 6.45) is 1.63. The number of benzene rings is 2. The Morgan fingerprint density at radius 1 is 1.19 bits per heavy atom. The van der Waals surface area contributed by atoms with Gasteiger partial charge < -0.3 is 5.32 Å². The molecule has 0 bridgehead atoms. The SMILES string of the molecule is Cc1ccccc1/C=N\NC(=O)CNc1ccccc1Cl. The minimum absolute atomic E-state index is 0.106. The van der Waals surface area contributed by atoms with Gasteiger partial charge in [0.25, 0.3) is 5.91 Å². The molecular formula is C16H16ClN3O. The second kappa shape index (κ2) is 7.45. The highest BCUT2D eigenvalue weighted by Gasteiger charge is 2.02. The van der Waals surface area contributed by atoms with Crippen LogP contribution in [0.1, 0.15) is 11.1 Å². The van der Waals surface area contributed by atoms with Crippen LogP contribution in [0.3, 0.4) is 0 Å². The van der Waals surface area contributed by atoms with Crippen molar-refractivity contribution >= 4 is 29.4 Å². The Kier molecular flexibility index (Phi) is 5.35. The summed E-state index contributed by atoms with van der Waals surface area (Å²) in [5, 5.41) is 7.47. The first-order valence-electron chi connectivity index (χ1n) is 6.53. The number of hydrogen-bond acceptors (Lipinski definition) is 3. The molecule has 0 aromatic heterocycles. The molecule has 108 valence electrons. The summed E-state index contributed by atoms with van der Waals surface area (Å²) in [5.74, 6) is -0.236. The maximum absolute atomic E-state index is 11.7. The van der Waals surface area contributed by atoms with Gasteiger partial charge in [0.05, 0.1) is 23.5 Å². The average Bonchev–Trinajstić information content (AvgIpc) is 2.48. The Balaban J connectivity index is 1.83. The molecule has 0 saturated carbocycles. The van der Waals surface area contributed by atoms with Crippen molar-refractivity contribution in [3.05, 3.63) is 64.7 Å². The van der Waals surface area contributed by atoms with Gasteiger partial charge in [-0.3, -0.25) is 4.79 Å². The van der Waals surface area contributed by atoms with Crippen molar-refractivity contribution in [3.63, 3.8) is 0 Å². The molecule has 0 atom stereocenters. The van der Waals surface area contributed by atoms with Crippen molar-refractivity contribution in [2.75, 3.05) is 11.9 Å². The Morgan fingerprint density at radius 2 is 1.90 bits per heavy atom. The topological polar surface area (TPSA) is 53.5 Å². The van der Waals surface area contributed by atoms with E-state index in [-0.39, 0.29) is 12.5 Å². The molecule has 0 unspecified atom stereocenters. The first-order valence-corrected chi connectivity index (χ1v) is 6.90. The Bertz CT molecular complexity index is 655. The van der Waals surface area contributed by atoms with Crippen molar-refractivity contribution in [3.8, 4) is 0 Å².